The zero-order valence-corrected chi connectivity index (χ0v) is 11.8. The van der Waals surface area contributed by atoms with Gasteiger partial charge in [-0.25, -0.2) is 9.97 Å². The Morgan fingerprint density at radius 2 is 1.61 bits per heavy atom. The number of hydrogen-bond donors (Lipinski definition) is 0. The van der Waals surface area contributed by atoms with Gasteiger partial charge in [-0.15, -0.1) is 0 Å². The molecule has 5 heteroatoms. The fraction of sp³-hybridized carbons (Fsp3) is 0.231. The minimum absolute atomic E-state index is 0.391. The predicted molar refractivity (Wildman–Crippen MR) is 72.8 cm³/mol. The molecule has 2 aromatic rings. The van der Waals surface area contributed by atoms with Gasteiger partial charge in [0.25, 0.3) is 0 Å². The molecule has 1 aromatic carbocycles. The second-order valence-corrected chi connectivity index (χ2v) is 4.80. The average molecular weight is 283 g/mol. The van der Waals surface area contributed by atoms with Gasteiger partial charge in [0.2, 0.25) is 5.88 Å². The smallest absolute Gasteiger partial charge is 0.226 e. The van der Waals surface area contributed by atoms with E-state index in [1.807, 2.05) is 32.9 Å². The number of rotatable bonds is 2. The summed E-state index contributed by atoms with van der Waals surface area (Å²) in [5, 5.41) is 1.14. The number of aromatic nitrogens is 2. The fourth-order valence-electron chi connectivity index (χ4n) is 1.59. The van der Waals surface area contributed by atoms with Gasteiger partial charge in [0.05, 0.1) is 0 Å². The summed E-state index contributed by atoms with van der Waals surface area (Å²) in [6.45, 7) is 5.68. The van der Waals surface area contributed by atoms with Crippen LogP contribution in [-0.2, 0) is 0 Å². The minimum atomic E-state index is 0.391. The summed E-state index contributed by atoms with van der Waals surface area (Å²) in [5.41, 5.74) is 2.64. The first-order valence-electron chi connectivity index (χ1n) is 5.40. The maximum atomic E-state index is 6.11. The molecule has 0 saturated heterocycles. The van der Waals surface area contributed by atoms with E-state index in [4.69, 9.17) is 27.9 Å². The van der Waals surface area contributed by atoms with Crippen molar-refractivity contribution in [3.05, 3.63) is 45.3 Å². The van der Waals surface area contributed by atoms with Crippen LogP contribution in [0.1, 0.15) is 16.7 Å². The van der Waals surface area contributed by atoms with Crippen LogP contribution in [0.3, 0.4) is 0 Å². The number of hydrogen-bond acceptors (Lipinski definition) is 3. The molecule has 0 saturated carbocycles. The van der Waals surface area contributed by atoms with Crippen molar-refractivity contribution in [3.63, 3.8) is 0 Å². The molecule has 0 aliphatic rings. The van der Waals surface area contributed by atoms with E-state index in [0.29, 0.717) is 22.3 Å². The highest BCUT2D eigenvalue weighted by Crippen LogP contribution is 2.30. The number of benzene rings is 1. The molecule has 0 amide bonds. The lowest BCUT2D eigenvalue weighted by Crippen LogP contribution is -1.95. The molecule has 0 aliphatic heterocycles. The number of halogens is 2. The highest BCUT2D eigenvalue weighted by atomic mass is 35.5. The first kappa shape index (κ1) is 13.1. The van der Waals surface area contributed by atoms with Crippen LogP contribution in [0.5, 0.6) is 11.6 Å². The van der Waals surface area contributed by atoms with E-state index in [0.717, 1.165) is 16.1 Å². The molecule has 3 nitrogen and oxygen atoms in total. The molecule has 1 aromatic heterocycles. The van der Waals surface area contributed by atoms with Crippen molar-refractivity contribution in [2.24, 2.45) is 0 Å². The van der Waals surface area contributed by atoms with Gasteiger partial charge in [0, 0.05) is 10.6 Å². The molecule has 0 spiro atoms. The second kappa shape index (κ2) is 5.12. The van der Waals surface area contributed by atoms with E-state index >= 15 is 0 Å². The SMILES string of the molecule is Cc1cc(Oc2ncnc(Cl)c2C)cc(C)c1Cl. The van der Waals surface area contributed by atoms with Crippen molar-refractivity contribution in [1.29, 1.82) is 0 Å². The third-order valence-corrected chi connectivity index (χ3v) is 3.58. The lowest BCUT2D eigenvalue weighted by molar-refractivity contribution is 0.456. The maximum Gasteiger partial charge on any atom is 0.226 e. The van der Waals surface area contributed by atoms with Gasteiger partial charge in [0.1, 0.15) is 17.2 Å². The van der Waals surface area contributed by atoms with Gasteiger partial charge in [-0.1, -0.05) is 23.2 Å². The third-order valence-electron chi connectivity index (χ3n) is 2.60. The van der Waals surface area contributed by atoms with Crippen LogP contribution >= 0.6 is 23.2 Å². The Hall–Kier alpha value is -1.32. The molecule has 0 aliphatic carbocycles. The zero-order chi connectivity index (χ0) is 13.3. The molecule has 0 fully saturated rings. The van der Waals surface area contributed by atoms with Crippen LogP contribution in [0.15, 0.2) is 18.5 Å². The molecule has 0 N–H and O–H groups in total. The maximum absolute atomic E-state index is 6.11. The summed E-state index contributed by atoms with van der Waals surface area (Å²) < 4.78 is 5.71. The van der Waals surface area contributed by atoms with Crippen molar-refractivity contribution < 1.29 is 4.74 Å². The lowest BCUT2D eigenvalue weighted by Gasteiger charge is -2.10. The van der Waals surface area contributed by atoms with Crippen LogP contribution in [-0.4, -0.2) is 9.97 Å². The van der Waals surface area contributed by atoms with E-state index in [2.05, 4.69) is 9.97 Å². The Balaban J connectivity index is 2.37. The Kier molecular flexibility index (Phi) is 3.73. The van der Waals surface area contributed by atoms with E-state index in [1.165, 1.54) is 6.33 Å². The van der Waals surface area contributed by atoms with Gasteiger partial charge < -0.3 is 4.74 Å². The van der Waals surface area contributed by atoms with E-state index < -0.39 is 0 Å². The van der Waals surface area contributed by atoms with Gasteiger partial charge in [-0.2, -0.15) is 0 Å². The van der Waals surface area contributed by atoms with Gasteiger partial charge in [0.15, 0.2) is 0 Å². The second-order valence-electron chi connectivity index (χ2n) is 4.07. The Morgan fingerprint density at radius 1 is 1.00 bits per heavy atom. The Morgan fingerprint density at radius 3 is 2.22 bits per heavy atom. The topological polar surface area (TPSA) is 35.0 Å². The van der Waals surface area contributed by atoms with Crippen LogP contribution in [0, 0.1) is 20.8 Å². The summed E-state index contributed by atoms with van der Waals surface area (Å²) in [6, 6.07) is 3.73. The van der Waals surface area contributed by atoms with Gasteiger partial charge in [-0.3, -0.25) is 0 Å². The van der Waals surface area contributed by atoms with Crippen LogP contribution < -0.4 is 4.74 Å². The average Bonchev–Trinajstić information content (AvgIpc) is 2.32. The number of aryl methyl sites for hydroxylation is 2. The monoisotopic (exact) mass is 282 g/mol. The molecule has 0 bridgehead atoms. The number of nitrogens with zero attached hydrogens (tertiary/aromatic N) is 2. The molecule has 0 radical (unpaired) electrons. The lowest BCUT2D eigenvalue weighted by atomic mass is 10.1. The van der Waals surface area contributed by atoms with Crippen molar-refractivity contribution in [1.82, 2.24) is 9.97 Å². The zero-order valence-electron chi connectivity index (χ0n) is 10.3. The Labute approximate surface area is 116 Å². The van der Waals surface area contributed by atoms with Crippen LogP contribution in [0.4, 0.5) is 0 Å². The summed E-state index contributed by atoms with van der Waals surface area (Å²) in [7, 11) is 0. The molecule has 0 atom stereocenters. The Bertz CT molecular complexity index is 577. The predicted octanol–water partition coefficient (Wildman–Crippen LogP) is 4.50. The van der Waals surface area contributed by atoms with Crippen LogP contribution in [0.2, 0.25) is 10.2 Å². The molecule has 18 heavy (non-hydrogen) atoms. The van der Waals surface area contributed by atoms with Gasteiger partial charge >= 0.3 is 0 Å². The molecule has 2 rings (SSSR count). The summed E-state index contributed by atoms with van der Waals surface area (Å²) in [4.78, 5) is 7.95. The molecular formula is C13H12Cl2N2O. The highest BCUT2D eigenvalue weighted by molar-refractivity contribution is 6.32. The van der Waals surface area contributed by atoms with Crippen molar-refractivity contribution in [2.75, 3.05) is 0 Å². The first-order chi connectivity index (χ1) is 8.49. The fourth-order valence-corrected chi connectivity index (χ4v) is 1.83. The van der Waals surface area contributed by atoms with Crippen molar-refractivity contribution in [3.8, 4) is 11.6 Å². The molecular weight excluding hydrogens is 271 g/mol. The van der Waals surface area contributed by atoms with E-state index in [1.54, 1.807) is 0 Å². The summed E-state index contributed by atoms with van der Waals surface area (Å²) >= 11 is 12.0. The van der Waals surface area contributed by atoms with E-state index in [9.17, 15) is 0 Å². The molecule has 1 heterocycles. The normalized spacial score (nSPS) is 10.5. The standard InChI is InChI=1S/C13H12Cl2N2O/c1-7-4-10(5-8(2)11(7)14)18-13-9(3)12(15)16-6-17-13/h4-6H,1-3H3. The summed E-state index contributed by atoms with van der Waals surface area (Å²) in [5.74, 6) is 1.14. The minimum Gasteiger partial charge on any atom is -0.439 e. The quantitative estimate of drug-likeness (QED) is 0.761. The largest absolute Gasteiger partial charge is 0.439 e. The highest BCUT2D eigenvalue weighted by Gasteiger charge is 2.09. The molecule has 0 unspecified atom stereocenters. The van der Waals surface area contributed by atoms with Crippen molar-refractivity contribution in [2.45, 2.75) is 20.8 Å². The van der Waals surface area contributed by atoms with Crippen LogP contribution in [0.25, 0.3) is 0 Å². The first-order valence-corrected chi connectivity index (χ1v) is 6.16. The van der Waals surface area contributed by atoms with Gasteiger partial charge in [-0.05, 0) is 44.0 Å². The molecule has 94 valence electrons. The van der Waals surface area contributed by atoms with E-state index in [-0.39, 0.29) is 0 Å². The summed E-state index contributed by atoms with van der Waals surface area (Å²) in [6.07, 6.45) is 1.38. The third kappa shape index (κ3) is 2.57. The van der Waals surface area contributed by atoms with Crippen molar-refractivity contribution >= 4 is 23.2 Å². The number of ether oxygens (including phenoxy) is 1.